The highest BCUT2D eigenvalue weighted by Gasteiger charge is 2.29. The maximum atomic E-state index is 12.9. The molecule has 0 bridgehead atoms. The molecular weight excluding hydrogens is 304 g/mol. The minimum Gasteiger partial charge on any atom is -0.381 e. The van der Waals surface area contributed by atoms with Gasteiger partial charge in [-0.3, -0.25) is 14.5 Å². The number of aryl methyl sites for hydroxylation is 2. The molecule has 1 atom stereocenters. The van der Waals surface area contributed by atoms with Crippen LogP contribution in [0, 0.1) is 19.8 Å². The zero-order valence-electron chi connectivity index (χ0n) is 14.5. The van der Waals surface area contributed by atoms with E-state index in [0.717, 1.165) is 43.0 Å². The summed E-state index contributed by atoms with van der Waals surface area (Å²) in [5.41, 5.74) is 3.33. The van der Waals surface area contributed by atoms with Crippen molar-refractivity contribution in [3.05, 3.63) is 47.0 Å². The summed E-state index contributed by atoms with van der Waals surface area (Å²) in [5.74, 6) is 0.280. The van der Waals surface area contributed by atoms with Crippen molar-refractivity contribution in [2.24, 2.45) is 13.0 Å². The van der Waals surface area contributed by atoms with Gasteiger partial charge in [0, 0.05) is 38.3 Å². The van der Waals surface area contributed by atoms with E-state index in [1.807, 2.05) is 39.2 Å². The summed E-state index contributed by atoms with van der Waals surface area (Å²) >= 11 is 0. The molecule has 0 radical (unpaired) electrons. The number of hydrogen-bond donors (Lipinski definition) is 1. The van der Waals surface area contributed by atoms with E-state index in [-0.39, 0.29) is 11.9 Å². The average Bonchev–Trinajstić information content (AvgIpc) is 2.86. The molecule has 3 heterocycles. The molecule has 0 aromatic carbocycles. The van der Waals surface area contributed by atoms with Gasteiger partial charge in [-0.05, 0) is 44.2 Å². The van der Waals surface area contributed by atoms with Crippen molar-refractivity contribution in [3.8, 4) is 0 Å². The lowest BCUT2D eigenvalue weighted by Crippen LogP contribution is -2.36. The lowest BCUT2D eigenvalue weighted by molar-refractivity contribution is 0.0513. The van der Waals surface area contributed by atoms with Crippen molar-refractivity contribution in [1.29, 1.82) is 0 Å². The molecule has 6 heteroatoms. The number of aromatic nitrogens is 3. The molecule has 2 aromatic rings. The second-order valence-corrected chi connectivity index (χ2v) is 6.36. The Morgan fingerprint density at radius 1 is 1.38 bits per heavy atom. The molecule has 128 valence electrons. The summed E-state index contributed by atoms with van der Waals surface area (Å²) in [7, 11) is 1.86. The highest BCUT2D eigenvalue weighted by Crippen LogP contribution is 2.30. The fourth-order valence-corrected chi connectivity index (χ4v) is 3.40. The first kappa shape index (κ1) is 16.6. The molecule has 0 saturated carbocycles. The van der Waals surface area contributed by atoms with Gasteiger partial charge in [0.15, 0.2) is 0 Å². The summed E-state index contributed by atoms with van der Waals surface area (Å²) in [6.45, 7) is 5.27. The van der Waals surface area contributed by atoms with Crippen molar-refractivity contribution in [1.82, 2.24) is 20.1 Å². The third-order valence-electron chi connectivity index (χ3n) is 4.80. The fraction of sp³-hybridized carbons (Fsp3) is 0.500. The Bertz CT molecular complexity index is 705. The lowest BCUT2D eigenvalue weighted by atomic mass is 9.87. The third kappa shape index (κ3) is 3.33. The Balaban J connectivity index is 1.87. The number of nitrogens with zero attached hydrogens (tertiary/aromatic N) is 3. The van der Waals surface area contributed by atoms with Crippen LogP contribution in [-0.2, 0) is 11.8 Å². The quantitative estimate of drug-likeness (QED) is 0.935. The zero-order chi connectivity index (χ0) is 17.1. The molecule has 1 N–H and O–H groups in total. The van der Waals surface area contributed by atoms with Crippen LogP contribution in [0.15, 0.2) is 24.5 Å². The van der Waals surface area contributed by atoms with Crippen LogP contribution in [0.2, 0.25) is 0 Å². The van der Waals surface area contributed by atoms with Gasteiger partial charge in [-0.2, -0.15) is 5.10 Å². The maximum absolute atomic E-state index is 12.9. The Labute approximate surface area is 142 Å². The number of rotatable bonds is 4. The summed E-state index contributed by atoms with van der Waals surface area (Å²) in [6.07, 6.45) is 5.46. The van der Waals surface area contributed by atoms with Gasteiger partial charge in [0.25, 0.3) is 5.91 Å². The molecular formula is C18H24N4O2. The molecule has 1 aliphatic heterocycles. The van der Waals surface area contributed by atoms with Crippen LogP contribution in [0.1, 0.15) is 46.2 Å². The van der Waals surface area contributed by atoms with Crippen molar-refractivity contribution in [3.63, 3.8) is 0 Å². The minimum absolute atomic E-state index is 0.0610. The number of hydrogen-bond acceptors (Lipinski definition) is 4. The molecule has 1 fully saturated rings. The van der Waals surface area contributed by atoms with Crippen molar-refractivity contribution >= 4 is 5.91 Å². The van der Waals surface area contributed by atoms with Gasteiger partial charge in [-0.15, -0.1) is 0 Å². The van der Waals surface area contributed by atoms with Gasteiger partial charge in [0.05, 0.1) is 17.3 Å². The number of nitrogens with one attached hydrogen (secondary N) is 1. The first-order valence-electron chi connectivity index (χ1n) is 8.36. The zero-order valence-corrected chi connectivity index (χ0v) is 14.5. The van der Waals surface area contributed by atoms with E-state index in [2.05, 4.69) is 15.4 Å². The summed E-state index contributed by atoms with van der Waals surface area (Å²) in [5, 5.41) is 7.57. The number of carbonyl (C=O) groups is 1. The molecule has 3 rings (SSSR count). The molecule has 1 saturated heterocycles. The molecule has 0 unspecified atom stereocenters. The Morgan fingerprint density at radius 3 is 2.71 bits per heavy atom. The summed E-state index contributed by atoms with van der Waals surface area (Å²) in [4.78, 5) is 17.1. The predicted molar refractivity (Wildman–Crippen MR) is 90.7 cm³/mol. The third-order valence-corrected chi connectivity index (χ3v) is 4.80. The fourth-order valence-electron chi connectivity index (χ4n) is 3.40. The van der Waals surface area contributed by atoms with E-state index in [4.69, 9.17) is 4.74 Å². The normalized spacial score (nSPS) is 16.8. The van der Waals surface area contributed by atoms with Gasteiger partial charge < -0.3 is 10.1 Å². The number of carbonyl (C=O) groups excluding carboxylic acids is 1. The monoisotopic (exact) mass is 328 g/mol. The highest BCUT2D eigenvalue weighted by atomic mass is 16.5. The molecule has 0 spiro atoms. The molecule has 1 aliphatic rings. The maximum Gasteiger partial charge on any atom is 0.255 e. The SMILES string of the molecule is Cc1nn(C)c(C)c1C(=O)N[C@H](c1cccnc1)C1CCOCC1. The van der Waals surface area contributed by atoms with Crippen LogP contribution < -0.4 is 5.32 Å². The van der Waals surface area contributed by atoms with E-state index < -0.39 is 0 Å². The van der Waals surface area contributed by atoms with Gasteiger partial charge in [-0.1, -0.05) is 6.07 Å². The van der Waals surface area contributed by atoms with Gasteiger partial charge >= 0.3 is 0 Å². The lowest BCUT2D eigenvalue weighted by Gasteiger charge is -2.31. The Kier molecular flexibility index (Phi) is 4.94. The van der Waals surface area contributed by atoms with Gasteiger partial charge in [0.2, 0.25) is 0 Å². The van der Waals surface area contributed by atoms with Crippen LogP contribution in [0.3, 0.4) is 0 Å². The van der Waals surface area contributed by atoms with Crippen LogP contribution in [0.5, 0.6) is 0 Å². The summed E-state index contributed by atoms with van der Waals surface area (Å²) < 4.78 is 7.22. The Morgan fingerprint density at radius 2 is 2.12 bits per heavy atom. The predicted octanol–water partition coefficient (Wildman–Crippen LogP) is 2.33. The second-order valence-electron chi connectivity index (χ2n) is 6.36. The molecule has 1 amide bonds. The van der Waals surface area contributed by atoms with E-state index in [9.17, 15) is 4.79 Å². The van der Waals surface area contributed by atoms with Crippen LogP contribution >= 0.6 is 0 Å². The van der Waals surface area contributed by atoms with E-state index >= 15 is 0 Å². The van der Waals surface area contributed by atoms with Gasteiger partial charge in [-0.25, -0.2) is 0 Å². The Hall–Kier alpha value is -2.21. The van der Waals surface area contributed by atoms with Crippen molar-refractivity contribution in [2.45, 2.75) is 32.7 Å². The smallest absolute Gasteiger partial charge is 0.255 e. The first-order chi connectivity index (χ1) is 11.6. The van der Waals surface area contributed by atoms with E-state index in [0.29, 0.717) is 11.5 Å². The molecule has 24 heavy (non-hydrogen) atoms. The topological polar surface area (TPSA) is 69.0 Å². The largest absolute Gasteiger partial charge is 0.381 e. The van der Waals surface area contributed by atoms with Crippen LogP contribution in [-0.4, -0.2) is 33.9 Å². The number of ether oxygens (including phenoxy) is 1. The minimum atomic E-state index is -0.0709. The van der Waals surface area contributed by atoms with E-state index in [1.54, 1.807) is 10.9 Å². The van der Waals surface area contributed by atoms with Crippen molar-refractivity contribution in [2.75, 3.05) is 13.2 Å². The average molecular weight is 328 g/mol. The van der Waals surface area contributed by atoms with Gasteiger partial charge in [0.1, 0.15) is 0 Å². The highest BCUT2D eigenvalue weighted by molar-refractivity contribution is 5.96. The first-order valence-corrected chi connectivity index (χ1v) is 8.36. The standard InChI is InChI=1S/C18H24N4O2/c1-12-16(13(2)22(3)21-12)18(23)20-17(14-6-9-24-10-7-14)15-5-4-8-19-11-15/h4-5,8,11,14,17H,6-7,9-10H2,1-3H3,(H,20,23)/t17-/m0/s1. The van der Waals surface area contributed by atoms with Crippen molar-refractivity contribution < 1.29 is 9.53 Å². The summed E-state index contributed by atoms with van der Waals surface area (Å²) in [6, 6.07) is 3.87. The molecule has 6 nitrogen and oxygen atoms in total. The molecule has 2 aromatic heterocycles. The van der Waals surface area contributed by atoms with Crippen LogP contribution in [0.4, 0.5) is 0 Å². The molecule has 0 aliphatic carbocycles. The van der Waals surface area contributed by atoms with Crippen LogP contribution in [0.25, 0.3) is 0 Å². The number of amides is 1. The van der Waals surface area contributed by atoms with E-state index in [1.165, 1.54) is 0 Å². The second kappa shape index (κ2) is 7.13. The number of pyridine rings is 1.